The lowest BCUT2D eigenvalue weighted by Crippen LogP contribution is -2.63. The SMILES string of the molecule is CC[C@H](C)[C@@H]1NC(=O)[C@H](CC(C)C)N(C)C(=O)C[C@@H](C)N(C)C(=O)[C@@H](CC(C)C)NC(=O)C(C)(C)N(C)C(=O)[C@H](CC(C)C)NC(=O)[C@H](CCc2ccc(C(F)(F)F)c(Cl)c2)NC(=O)CN(C)C(=O)[C@H](CC2CCCCC2)N(C)C(=O)CN(C)C(=O)CN(C)C1=O. The van der Waals surface area contributed by atoms with Crippen molar-refractivity contribution in [3.63, 3.8) is 0 Å². The van der Waals surface area contributed by atoms with Crippen molar-refractivity contribution in [1.82, 2.24) is 55.6 Å². The van der Waals surface area contributed by atoms with Crippen molar-refractivity contribution in [3.05, 3.63) is 34.3 Å². The third kappa shape index (κ3) is 22.9. The molecule has 1 aromatic rings. The molecular weight excluding hydrogens is 1200 g/mol. The van der Waals surface area contributed by atoms with E-state index < -0.39 is 155 Å². The number of hydrogen-bond donors (Lipinski definition) is 4. The minimum absolute atomic E-state index is 0.0227. The fourth-order valence-corrected chi connectivity index (χ4v) is 11.6. The average Bonchev–Trinajstić information content (AvgIpc) is 1.09. The minimum Gasteiger partial charge on any atom is -0.343 e. The van der Waals surface area contributed by atoms with Gasteiger partial charge in [-0.15, -0.1) is 0 Å². The van der Waals surface area contributed by atoms with Crippen molar-refractivity contribution >= 4 is 76.6 Å². The first-order valence-electron chi connectivity index (χ1n) is 32.0. The lowest BCUT2D eigenvalue weighted by atomic mass is 9.84. The number of amides is 11. The van der Waals surface area contributed by atoms with E-state index in [1.165, 1.54) is 83.9 Å². The summed E-state index contributed by atoms with van der Waals surface area (Å²) in [5, 5.41) is 10.6. The Hall–Kier alpha value is -6.53. The first-order chi connectivity index (χ1) is 42.1. The molecule has 1 aliphatic carbocycles. The number of halogens is 4. The molecule has 2 aliphatic rings. The Morgan fingerprint density at radius 3 is 1.67 bits per heavy atom. The zero-order chi connectivity index (χ0) is 69.3. The number of rotatable bonds is 13. The van der Waals surface area contributed by atoms with Gasteiger partial charge in [-0.1, -0.05) is 112 Å². The number of carbonyl (C=O) groups is 11. The Labute approximate surface area is 542 Å². The number of benzene rings is 1. The van der Waals surface area contributed by atoms with Gasteiger partial charge in [0.15, 0.2) is 0 Å². The van der Waals surface area contributed by atoms with Gasteiger partial charge in [0.25, 0.3) is 0 Å². The number of nitrogens with one attached hydrogen (secondary N) is 4. The zero-order valence-corrected chi connectivity index (χ0v) is 57.9. The van der Waals surface area contributed by atoms with E-state index in [1.807, 2.05) is 34.6 Å². The molecule has 1 saturated carbocycles. The molecule has 514 valence electrons. The molecule has 1 aromatic carbocycles. The van der Waals surface area contributed by atoms with Gasteiger partial charge in [0.05, 0.1) is 30.2 Å². The van der Waals surface area contributed by atoms with E-state index in [0.717, 1.165) is 63.8 Å². The minimum atomic E-state index is -4.76. The molecule has 0 bridgehead atoms. The van der Waals surface area contributed by atoms with E-state index in [9.17, 15) is 65.9 Å². The number of alkyl halides is 3. The molecule has 0 spiro atoms. The van der Waals surface area contributed by atoms with Gasteiger partial charge in [-0.2, -0.15) is 13.2 Å². The van der Waals surface area contributed by atoms with Gasteiger partial charge in [0.2, 0.25) is 65.0 Å². The molecule has 0 radical (unpaired) electrons. The number of hydrogen-bond acceptors (Lipinski definition) is 11. The molecule has 2 fully saturated rings. The quantitative estimate of drug-likeness (QED) is 0.181. The van der Waals surface area contributed by atoms with Gasteiger partial charge in [-0.05, 0) is 107 Å². The maximum atomic E-state index is 14.8. The third-order valence-corrected chi connectivity index (χ3v) is 18.2. The molecule has 91 heavy (non-hydrogen) atoms. The van der Waals surface area contributed by atoms with Crippen LogP contribution in [0.5, 0.6) is 0 Å². The van der Waals surface area contributed by atoms with Crippen molar-refractivity contribution in [1.29, 1.82) is 0 Å². The van der Waals surface area contributed by atoms with E-state index >= 15 is 0 Å². The predicted molar refractivity (Wildman–Crippen MR) is 341 cm³/mol. The fraction of sp³-hybridized carbons (Fsp3) is 0.738. The molecule has 0 unspecified atom stereocenters. The molecule has 22 nitrogen and oxygen atoms in total. The highest BCUT2D eigenvalue weighted by molar-refractivity contribution is 6.31. The molecule has 1 saturated heterocycles. The summed E-state index contributed by atoms with van der Waals surface area (Å²) in [6, 6.07) is -4.98. The summed E-state index contributed by atoms with van der Waals surface area (Å²) in [6.45, 7) is 17.6. The Morgan fingerprint density at radius 1 is 0.593 bits per heavy atom. The zero-order valence-electron chi connectivity index (χ0n) is 57.1. The monoisotopic (exact) mass is 1310 g/mol. The van der Waals surface area contributed by atoms with Gasteiger partial charge in [-0.3, -0.25) is 52.7 Å². The van der Waals surface area contributed by atoms with Gasteiger partial charge in [0.1, 0.15) is 41.8 Å². The van der Waals surface area contributed by atoms with Crippen LogP contribution in [-0.2, 0) is 65.3 Å². The second-order valence-electron chi connectivity index (χ2n) is 27.2. The molecule has 4 N–H and O–H groups in total. The second-order valence-corrected chi connectivity index (χ2v) is 27.6. The van der Waals surface area contributed by atoms with E-state index in [-0.39, 0.29) is 74.2 Å². The van der Waals surface area contributed by atoms with Crippen LogP contribution in [0.4, 0.5) is 13.2 Å². The number of carbonyl (C=O) groups excluding carboxylic acids is 11. The van der Waals surface area contributed by atoms with Gasteiger partial charge < -0.3 is 55.6 Å². The summed E-state index contributed by atoms with van der Waals surface area (Å²) in [7, 11) is 9.89. The van der Waals surface area contributed by atoms with Crippen LogP contribution in [0.2, 0.25) is 5.02 Å². The van der Waals surface area contributed by atoms with E-state index in [2.05, 4.69) is 21.3 Å². The standard InChI is InChI=1S/C65H105ClF3N11O11/c1-19-41(8)56-62(90)76(14)36-54(83)74(12)37-55(84)79(17)51(34-43-23-21-20-22-24-43)61(89)75(13)35-52(81)70-47(28-26-44-25-27-45(46(66)33-44)65(67,68)69)57(85)71-49(30-39(4)5)60(88)80(18)64(10,11)63(91)72-48(29-38(2)3)59(87)77(15)42(9)32-53(82)78(16)50(31-40(6)7)58(86)73-56/h25,27,33,38-43,47-51,56H,19-24,26,28-32,34-37H2,1-18H3,(H,70,81)(H,71,85)(H,72,91)(H,73,86)/t41-,42+,47-,48+,49-,50-,51-,56-/m0/s1. The molecule has 3 rings (SSSR count). The first-order valence-corrected chi connectivity index (χ1v) is 32.4. The molecule has 11 amide bonds. The normalized spacial score (nSPS) is 24.9. The van der Waals surface area contributed by atoms with Crippen molar-refractivity contribution in [2.75, 3.05) is 69.0 Å². The Bertz CT molecular complexity index is 2730. The highest BCUT2D eigenvalue weighted by Gasteiger charge is 2.43. The molecular formula is C65H105ClF3N11O11. The topological polar surface area (TPSA) is 259 Å². The summed E-state index contributed by atoms with van der Waals surface area (Å²) in [5.74, 6) is -8.24. The summed E-state index contributed by atoms with van der Waals surface area (Å²) in [4.78, 5) is 167. The highest BCUT2D eigenvalue weighted by atomic mass is 35.5. The Kier molecular flexibility index (Phi) is 30.2. The van der Waals surface area contributed by atoms with Crippen LogP contribution < -0.4 is 21.3 Å². The summed E-state index contributed by atoms with van der Waals surface area (Å²) in [6.07, 6.45) is 0.0304. The second kappa shape index (κ2) is 34.9. The summed E-state index contributed by atoms with van der Waals surface area (Å²) >= 11 is 6.09. The predicted octanol–water partition coefficient (Wildman–Crippen LogP) is 5.90. The third-order valence-electron chi connectivity index (χ3n) is 17.9. The lowest BCUT2D eigenvalue weighted by molar-refractivity contribution is -0.149. The van der Waals surface area contributed by atoms with Gasteiger partial charge in [-0.25, -0.2) is 0 Å². The van der Waals surface area contributed by atoms with E-state index in [0.29, 0.717) is 6.42 Å². The van der Waals surface area contributed by atoms with Crippen LogP contribution in [0.15, 0.2) is 18.2 Å². The molecule has 1 aliphatic heterocycles. The van der Waals surface area contributed by atoms with Crippen molar-refractivity contribution in [2.24, 2.45) is 29.6 Å². The van der Waals surface area contributed by atoms with Crippen molar-refractivity contribution in [3.8, 4) is 0 Å². The number of likely N-dealkylation sites (N-methyl/N-ethyl adjacent to an activating group) is 7. The number of nitrogens with zero attached hydrogens (tertiary/aromatic N) is 7. The molecule has 1 heterocycles. The molecule has 0 aromatic heterocycles. The Balaban J connectivity index is 2.22. The molecule has 8 atom stereocenters. The maximum Gasteiger partial charge on any atom is 0.417 e. The van der Waals surface area contributed by atoms with Crippen LogP contribution in [0.25, 0.3) is 0 Å². The first kappa shape index (κ1) is 78.7. The summed E-state index contributed by atoms with van der Waals surface area (Å²) < 4.78 is 41.2. The summed E-state index contributed by atoms with van der Waals surface area (Å²) in [5.41, 5.74) is -2.49. The largest absolute Gasteiger partial charge is 0.417 e. The van der Waals surface area contributed by atoms with Crippen LogP contribution >= 0.6 is 11.6 Å². The van der Waals surface area contributed by atoms with Gasteiger partial charge >= 0.3 is 6.18 Å². The average molecular weight is 1310 g/mol. The van der Waals surface area contributed by atoms with Crippen LogP contribution in [-0.4, -0.2) is 216 Å². The fourth-order valence-electron chi connectivity index (χ4n) is 11.3. The van der Waals surface area contributed by atoms with Crippen molar-refractivity contribution < 1.29 is 65.9 Å². The van der Waals surface area contributed by atoms with E-state index in [4.69, 9.17) is 11.6 Å². The smallest absolute Gasteiger partial charge is 0.343 e. The van der Waals surface area contributed by atoms with Crippen LogP contribution in [0, 0.1) is 29.6 Å². The van der Waals surface area contributed by atoms with Crippen molar-refractivity contribution in [2.45, 2.75) is 214 Å². The maximum absolute atomic E-state index is 14.8. The van der Waals surface area contributed by atoms with Crippen LogP contribution in [0.3, 0.4) is 0 Å². The molecule has 26 heteroatoms. The highest BCUT2D eigenvalue weighted by Crippen LogP contribution is 2.35. The lowest BCUT2D eigenvalue weighted by Gasteiger charge is -2.39. The van der Waals surface area contributed by atoms with Crippen LogP contribution in [0.1, 0.15) is 164 Å². The van der Waals surface area contributed by atoms with E-state index in [1.54, 1.807) is 27.7 Å². The number of aryl methyl sites for hydroxylation is 1. The van der Waals surface area contributed by atoms with Gasteiger partial charge in [0, 0.05) is 61.8 Å². The Morgan fingerprint density at radius 2 is 1.13 bits per heavy atom.